The summed E-state index contributed by atoms with van der Waals surface area (Å²) in [6.07, 6.45) is 1.67. The Hall–Kier alpha value is -1.91. The maximum absolute atomic E-state index is 14.0. The van der Waals surface area contributed by atoms with Crippen molar-refractivity contribution in [1.82, 2.24) is 9.55 Å². The van der Waals surface area contributed by atoms with E-state index in [4.69, 9.17) is 5.73 Å². The third-order valence-corrected chi connectivity index (χ3v) is 3.29. The lowest BCUT2D eigenvalue weighted by atomic mass is 10.1. The Balaban J connectivity index is 2.56. The summed E-state index contributed by atoms with van der Waals surface area (Å²) in [5, 5.41) is 0. The van der Waals surface area contributed by atoms with Gasteiger partial charge >= 0.3 is 0 Å². The molecule has 0 aliphatic rings. The number of rotatable bonds is 5. The standard InChI is InChI=1S/C16H21F2N3/c1-4-5-14-20-15(16(19)21(14)9-10(2)3)12-8-11(17)6-7-13(12)18/h6-8,10H,4-5,9,19H2,1-3H3. The molecule has 0 unspecified atom stereocenters. The molecule has 3 nitrogen and oxygen atoms in total. The Morgan fingerprint density at radius 1 is 1.29 bits per heavy atom. The molecular weight excluding hydrogens is 272 g/mol. The van der Waals surface area contributed by atoms with Crippen molar-refractivity contribution < 1.29 is 8.78 Å². The second-order valence-electron chi connectivity index (χ2n) is 5.64. The normalized spacial score (nSPS) is 11.3. The molecule has 0 aliphatic carbocycles. The smallest absolute Gasteiger partial charge is 0.132 e. The van der Waals surface area contributed by atoms with E-state index in [0.717, 1.165) is 36.9 Å². The third-order valence-electron chi connectivity index (χ3n) is 3.29. The van der Waals surface area contributed by atoms with Gasteiger partial charge in [-0.3, -0.25) is 0 Å². The number of hydrogen-bond donors (Lipinski definition) is 1. The molecule has 0 aliphatic heterocycles. The van der Waals surface area contributed by atoms with E-state index in [-0.39, 0.29) is 5.56 Å². The molecule has 0 radical (unpaired) electrons. The molecule has 0 fully saturated rings. The number of hydrogen-bond acceptors (Lipinski definition) is 2. The van der Waals surface area contributed by atoms with Crippen molar-refractivity contribution in [3.63, 3.8) is 0 Å². The molecule has 2 N–H and O–H groups in total. The summed E-state index contributed by atoms with van der Waals surface area (Å²) < 4.78 is 29.3. The van der Waals surface area contributed by atoms with Crippen molar-refractivity contribution in [2.24, 2.45) is 5.92 Å². The number of halogens is 2. The molecular formula is C16H21F2N3. The fourth-order valence-corrected chi connectivity index (χ4v) is 2.37. The van der Waals surface area contributed by atoms with Gasteiger partial charge in [0.2, 0.25) is 0 Å². The second-order valence-corrected chi connectivity index (χ2v) is 5.64. The fourth-order valence-electron chi connectivity index (χ4n) is 2.37. The predicted octanol–water partition coefficient (Wildman–Crippen LogP) is 4.02. The van der Waals surface area contributed by atoms with Crippen molar-refractivity contribution in [1.29, 1.82) is 0 Å². The van der Waals surface area contributed by atoms with Gasteiger partial charge in [0.15, 0.2) is 0 Å². The highest BCUT2D eigenvalue weighted by Crippen LogP contribution is 2.30. The van der Waals surface area contributed by atoms with Gasteiger partial charge < -0.3 is 10.3 Å². The molecule has 114 valence electrons. The van der Waals surface area contributed by atoms with Crippen LogP contribution in [0, 0.1) is 17.6 Å². The number of nitrogens with two attached hydrogens (primary N) is 1. The Morgan fingerprint density at radius 3 is 2.62 bits per heavy atom. The molecule has 21 heavy (non-hydrogen) atoms. The van der Waals surface area contributed by atoms with Gasteiger partial charge in [0.25, 0.3) is 0 Å². The minimum atomic E-state index is -0.514. The fraction of sp³-hybridized carbons (Fsp3) is 0.438. The van der Waals surface area contributed by atoms with Crippen molar-refractivity contribution in [3.8, 4) is 11.3 Å². The number of imidazole rings is 1. The van der Waals surface area contributed by atoms with Crippen LogP contribution in [0.25, 0.3) is 11.3 Å². The molecule has 1 aromatic heterocycles. The van der Waals surface area contributed by atoms with E-state index in [0.29, 0.717) is 24.0 Å². The van der Waals surface area contributed by atoms with Crippen LogP contribution in [0.3, 0.4) is 0 Å². The monoisotopic (exact) mass is 293 g/mol. The lowest BCUT2D eigenvalue weighted by molar-refractivity contribution is 0.510. The third kappa shape index (κ3) is 3.23. The van der Waals surface area contributed by atoms with Crippen LogP contribution in [-0.4, -0.2) is 9.55 Å². The molecule has 2 rings (SSSR count). The van der Waals surface area contributed by atoms with Gasteiger partial charge in [-0.05, 0) is 30.5 Å². The number of nitrogens with zero attached hydrogens (tertiary/aromatic N) is 2. The average molecular weight is 293 g/mol. The number of nitrogen functional groups attached to an aromatic ring is 1. The van der Waals surface area contributed by atoms with Crippen LogP contribution in [0.15, 0.2) is 18.2 Å². The first-order chi connectivity index (χ1) is 9.93. The Kier molecular flexibility index (Phi) is 4.60. The molecule has 1 heterocycles. The molecule has 0 amide bonds. The minimum absolute atomic E-state index is 0.118. The topological polar surface area (TPSA) is 43.8 Å². The van der Waals surface area contributed by atoms with E-state index in [9.17, 15) is 8.78 Å². The number of benzene rings is 1. The molecule has 5 heteroatoms. The summed E-state index contributed by atoms with van der Waals surface area (Å²) in [6.45, 7) is 6.92. The zero-order valence-electron chi connectivity index (χ0n) is 12.7. The van der Waals surface area contributed by atoms with Crippen LogP contribution in [0.5, 0.6) is 0 Å². The summed E-state index contributed by atoms with van der Waals surface area (Å²) in [4.78, 5) is 4.46. The highest BCUT2D eigenvalue weighted by Gasteiger charge is 2.19. The van der Waals surface area contributed by atoms with Crippen LogP contribution in [0.4, 0.5) is 14.6 Å². The van der Waals surface area contributed by atoms with Gasteiger partial charge in [-0.2, -0.15) is 0 Å². The molecule has 1 aromatic carbocycles. The summed E-state index contributed by atoms with van der Waals surface area (Å²) in [5.41, 5.74) is 6.59. The highest BCUT2D eigenvalue weighted by atomic mass is 19.1. The van der Waals surface area contributed by atoms with Crippen LogP contribution < -0.4 is 5.73 Å². The van der Waals surface area contributed by atoms with Crippen molar-refractivity contribution in [2.75, 3.05) is 5.73 Å². The van der Waals surface area contributed by atoms with Gasteiger partial charge in [0, 0.05) is 18.5 Å². The minimum Gasteiger partial charge on any atom is -0.383 e. The molecule has 0 bridgehead atoms. The zero-order chi connectivity index (χ0) is 15.6. The first-order valence-corrected chi connectivity index (χ1v) is 7.24. The Bertz CT molecular complexity index is 633. The van der Waals surface area contributed by atoms with Crippen LogP contribution in [0.1, 0.15) is 33.0 Å². The maximum atomic E-state index is 14.0. The van der Waals surface area contributed by atoms with E-state index in [1.165, 1.54) is 0 Å². The van der Waals surface area contributed by atoms with Gasteiger partial charge in [-0.15, -0.1) is 0 Å². The quantitative estimate of drug-likeness (QED) is 0.905. The molecule has 0 atom stereocenters. The molecule has 0 saturated carbocycles. The van der Waals surface area contributed by atoms with Gasteiger partial charge in [0.1, 0.15) is 29.0 Å². The summed E-state index contributed by atoms with van der Waals surface area (Å²) in [6, 6.07) is 3.33. The Labute approximate surface area is 123 Å². The first kappa shape index (κ1) is 15.5. The lowest BCUT2D eigenvalue weighted by Gasteiger charge is -2.12. The maximum Gasteiger partial charge on any atom is 0.132 e. The van der Waals surface area contributed by atoms with Crippen molar-refractivity contribution >= 4 is 5.82 Å². The second kappa shape index (κ2) is 6.24. The SMILES string of the molecule is CCCc1nc(-c2cc(F)ccc2F)c(N)n1CC(C)C. The van der Waals surface area contributed by atoms with Gasteiger partial charge in [-0.25, -0.2) is 13.8 Å². The van der Waals surface area contributed by atoms with Crippen LogP contribution in [0.2, 0.25) is 0 Å². The Morgan fingerprint density at radius 2 is 2.00 bits per heavy atom. The molecule has 0 saturated heterocycles. The molecule has 0 spiro atoms. The van der Waals surface area contributed by atoms with Gasteiger partial charge in [0.05, 0.1) is 0 Å². The lowest BCUT2D eigenvalue weighted by Crippen LogP contribution is -2.11. The highest BCUT2D eigenvalue weighted by molar-refractivity contribution is 5.71. The number of anilines is 1. The first-order valence-electron chi connectivity index (χ1n) is 7.24. The van der Waals surface area contributed by atoms with E-state index in [2.05, 4.69) is 18.8 Å². The summed E-state index contributed by atoms with van der Waals surface area (Å²) in [5.74, 6) is 0.600. The summed E-state index contributed by atoms with van der Waals surface area (Å²) >= 11 is 0. The van der Waals surface area contributed by atoms with Crippen molar-refractivity contribution in [2.45, 2.75) is 40.2 Å². The zero-order valence-corrected chi connectivity index (χ0v) is 12.7. The van der Waals surface area contributed by atoms with Crippen molar-refractivity contribution in [3.05, 3.63) is 35.7 Å². The number of aryl methyl sites for hydroxylation is 1. The van der Waals surface area contributed by atoms with E-state index in [1.807, 2.05) is 11.5 Å². The van der Waals surface area contributed by atoms with E-state index >= 15 is 0 Å². The average Bonchev–Trinajstić information content (AvgIpc) is 2.70. The number of aromatic nitrogens is 2. The summed E-state index contributed by atoms with van der Waals surface area (Å²) in [7, 11) is 0. The van der Waals surface area contributed by atoms with E-state index in [1.54, 1.807) is 0 Å². The van der Waals surface area contributed by atoms with Crippen LogP contribution >= 0.6 is 0 Å². The van der Waals surface area contributed by atoms with E-state index < -0.39 is 11.6 Å². The van der Waals surface area contributed by atoms with Gasteiger partial charge in [-0.1, -0.05) is 20.8 Å². The molecule has 2 aromatic rings. The predicted molar refractivity (Wildman–Crippen MR) is 80.8 cm³/mol. The largest absolute Gasteiger partial charge is 0.383 e. The van der Waals surface area contributed by atoms with Crippen LogP contribution in [-0.2, 0) is 13.0 Å².